The standard InChI is InChI=1S/C17H25N3O2/c1-18-15-16-14(19-10-22-16)4-5-20(17(15)21)9-13-7-11-2-3-12(6-11)8-13/h10-13,15,18H,2-9H2,1H3. The molecule has 2 bridgehead atoms. The molecule has 3 atom stereocenters. The van der Waals surface area contributed by atoms with E-state index in [1.54, 1.807) is 0 Å². The number of nitrogens with one attached hydrogen (secondary N) is 1. The van der Waals surface area contributed by atoms with Crippen LogP contribution in [0, 0.1) is 17.8 Å². The average molecular weight is 303 g/mol. The molecule has 1 aromatic rings. The summed E-state index contributed by atoms with van der Waals surface area (Å²) in [4.78, 5) is 19.2. The van der Waals surface area contributed by atoms with Gasteiger partial charge in [0.25, 0.3) is 0 Å². The van der Waals surface area contributed by atoms with Gasteiger partial charge < -0.3 is 14.6 Å². The number of carbonyl (C=O) groups is 1. The molecule has 3 unspecified atom stereocenters. The van der Waals surface area contributed by atoms with Gasteiger partial charge in [0, 0.05) is 19.5 Å². The number of oxazole rings is 1. The first-order chi connectivity index (χ1) is 10.7. The summed E-state index contributed by atoms with van der Waals surface area (Å²) in [5.74, 6) is 3.38. The molecule has 0 saturated heterocycles. The molecule has 1 aliphatic heterocycles. The molecule has 5 nitrogen and oxygen atoms in total. The fraction of sp³-hybridized carbons (Fsp3) is 0.765. The largest absolute Gasteiger partial charge is 0.446 e. The van der Waals surface area contributed by atoms with E-state index in [1.807, 2.05) is 11.9 Å². The predicted molar refractivity (Wildman–Crippen MR) is 82.1 cm³/mol. The second kappa shape index (κ2) is 5.69. The highest BCUT2D eigenvalue weighted by molar-refractivity contribution is 5.83. The van der Waals surface area contributed by atoms with Crippen LogP contribution in [-0.2, 0) is 11.2 Å². The SMILES string of the molecule is CNC1C(=O)N(CC2CC3CCC(C3)C2)CCc2ncoc21. The molecule has 5 heteroatoms. The highest BCUT2D eigenvalue weighted by atomic mass is 16.3. The number of fused-ring (bicyclic) bond motifs is 3. The average Bonchev–Trinajstić information content (AvgIpc) is 3.08. The van der Waals surface area contributed by atoms with Crippen molar-refractivity contribution in [3.05, 3.63) is 17.8 Å². The van der Waals surface area contributed by atoms with Crippen LogP contribution in [0.5, 0.6) is 0 Å². The van der Waals surface area contributed by atoms with Gasteiger partial charge in [-0.3, -0.25) is 4.79 Å². The lowest BCUT2D eigenvalue weighted by Gasteiger charge is -2.33. The van der Waals surface area contributed by atoms with Crippen molar-refractivity contribution in [1.82, 2.24) is 15.2 Å². The van der Waals surface area contributed by atoms with Gasteiger partial charge in [-0.15, -0.1) is 0 Å². The van der Waals surface area contributed by atoms with Crippen LogP contribution in [-0.4, -0.2) is 35.9 Å². The molecular weight excluding hydrogens is 278 g/mol. The lowest BCUT2D eigenvalue weighted by Crippen LogP contribution is -2.42. The summed E-state index contributed by atoms with van der Waals surface area (Å²) in [7, 11) is 1.82. The smallest absolute Gasteiger partial charge is 0.247 e. The zero-order valence-corrected chi connectivity index (χ0v) is 13.3. The lowest BCUT2D eigenvalue weighted by molar-refractivity contribution is -0.134. The quantitative estimate of drug-likeness (QED) is 0.929. The molecule has 2 saturated carbocycles. The van der Waals surface area contributed by atoms with Gasteiger partial charge in [0.1, 0.15) is 6.04 Å². The van der Waals surface area contributed by atoms with Crippen molar-refractivity contribution in [2.75, 3.05) is 20.1 Å². The Morgan fingerprint density at radius 2 is 2.09 bits per heavy atom. The van der Waals surface area contributed by atoms with E-state index < -0.39 is 0 Å². The molecule has 3 aliphatic rings. The third-order valence-electron chi connectivity index (χ3n) is 5.86. The number of rotatable bonds is 3. The number of nitrogens with zero attached hydrogens (tertiary/aromatic N) is 2. The Hall–Kier alpha value is -1.36. The van der Waals surface area contributed by atoms with Crippen LogP contribution < -0.4 is 5.32 Å². The number of aromatic nitrogens is 1. The van der Waals surface area contributed by atoms with E-state index in [0.29, 0.717) is 11.7 Å². The van der Waals surface area contributed by atoms with Gasteiger partial charge in [0.15, 0.2) is 12.2 Å². The van der Waals surface area contributed by atoms with Crippen LogP contribution in [0.4, 0.5) is 0 Å². The first kappa shape index (κ1) is 14.2. The van der Waals surface area contributed by atoms with Gasteiger partial charge in [-0.1, -0.05) is 12.8 Å². The Bertz CT molecular complexity index is 544. The molecule has 22 heavy (non-hydrogen) atoms. The Balaban J connectivity index is 1.48. The van der Waals surface area contributed by atoms with Crippen molar-refractivity contribution in [2.45, 2.75) is 44.6 Å². The predicted octanol–water partition coefficient (Wildman–Crippen LogP) is 2.15. The van der Waals surface area contributed by atoms with Gasteiger partial charge in [-0.2, -0.15) is 0 Å². The van der Waals surface area contributed by atoms with Gasteiger partial charge >= 0.3 is 0 Å². The van der Waals surface area contributed by atoms with Gasteiger partial charge in [-0.05, 0) is 44.1 Å². The number of likely N-dealkylation sites (N-methyl/N-ethyl adjacent to an activating group) is 1. The number of hydrogen-bond donors (Lipinski definition) is 1. The molecule has 4 rings (SSSR count). The summed E-state index contributed by atoms with van der Waals surface area (Å²) < 4.78 is 5.47. The highest BCUT2D eigenvalue weighted by Gasteiger charge is 2.38. The van der Waals surface area contributed by atoms with Crippen molar-refractivity contribution in [3.63, 3.8) is 0 Å². The first-order valence-electron chi connectivity index (χ1n) is 8.63. The molecule has 2 fully saturated rings. The van der Waals surface area contributed by atoms with Crippen LogP contribution in [0.1, 0.15) is 49.6 Å². The van der Waals surface area contributed by atoms with Gasteiger partial charge in [-0.25, -0.2) is 4.98 Å². The van der Waals surface area contributed by atoms with E-state index >= 15 is 0 Å². The Labute approximate surface area is 131 Å². The number of amides is 1. The highest BCUT2D eigenvalue weighted by Crippen LogP contribution is 2.45. The van der Waals surface area contributed by atoms with Crippen molar-refractivity contribution in [1.29, 1.82) is 0 Å². The van der Waals surface area contributed by atoms with Crippen molar-refractivity contribution < 1.29 is 9.21 Å². The topological polar surface area (TPSA) is 58.4 Å². The molecule has 2 heterocycles. The monoisotopic (exact) mass is 303 g/mol. The third kappa shape index (κ3) is 2.45. The van der Waals surface area contributed by atoms with Crippen LogP contribution in [0.15, 0.2) is 10.8 Å². The fourth-order valence-electron chi connectivity index (χ4n) is 4.89. The maximum Gasteiger partial charge on any atom is 0.247 e. The lowest BCUT2D eigenvalue weighted by atomic mass is 9.81. The number of carbonyl (C=O) groups excluding carboxylic acids is 1. The summed E-state index contributed by atoms with van der Waals surface area (Å²) in [5.41, 5.74) is 0.930. The summed E-state index contributed by atoms with van der Waals surface area (Å²) in [6, 6.07) is -0.375. The molecule has 2 aliphatic carbocycles. The Morgan fingerprint density at radius 1 is 1.32 bits per heavy atom. The molecule has 1 amide bonds. The van der Waals surface area contributed by atoms with E-state index in [-0.39, 0.29) is 11.9 Å². The molecule has 0 spiro atoms. The second-order valence-corrected chi connectivity index (χ2v) is 7.30. The van der Waals surface area contributed by atoms with Crippen LogP contribution in [0.25, 0.3) is 0 Å². The number of hydrogen-bond acceptors (Lipinski definition) is 4. The molecule has 120 valence electrons. The minimum atomic E-state index is -0.375. The minimum Gasteiger partial charge on any atom is -0.446 e. The van der Waals surface area contributed by atoms with Crippen LogP contribution in [0.3, 0.4) is 0 Å². The Kier molecular flexibility index (Phi) is 3.68. The second-order valence-electron chi connectivity index (χ2n) is 7.30. The van der Waals surface area contributed by atoms with E-state index in [1.165, 1.54) is 38.5 Å². The normalized spacial score (nSPS) is 34.6. The zero-order chi connectivity index (χ0) is 15.1. The molecule has 0 radical (unpaired) electrons. The third-order valence-corrected chi connectivity index (χ3v) is 5.86. The van der Waals surface area contributed by atoms with Gasteiger partial charge in [0.05, 0.1) is 5.69 Å². The maximum absolute atomic E-state index is 12.9. The Morgan fingerprint density at radius 3 is 2.82 bits per heavy atom. The van der Waals surface area contributed by atoms with E-state index in [4.69, 9.17) is 4.42 Å². The maximum atomic E-state index is 12.9. The van der Waals surface area contributed by atoms with E-state index in [2.05, 4.69) is 10.3 Å². The van der Waals surface area contributed by atoms with Crippen molar-refractivity contribution in [3.8, 4) is 0 Å². The first-order valence-corrected chi connectivity index (χ1v) is 8.63. The zero-order valence-electron chi connectivity index (χ0n) is 13.3. The minimum absolute atomic E-state index is 0.149. The summed E-state index contributed by atoms with van der Waals surface area (Å²) >= 11 is 0. The van der Waals surface area contributed by atoms with Crippen LogP contribution in [0.2, 0.25) is 0 Å². The van der Waals surface area contributed by atoms with Crippen molar-refractivity contribution >= 4 is 5.91 Å². The summed E-state index contributed by atoms with van der Waals surface area (Å²) in [6.07, 6.45) is 9.13. The fourth-order valence-corrected chi connectivity index (χ4v) is 4.89. The van der Waals surface area contributed by atoms with Gasteiger partial charge in [0.2, 0.25) is 5.91 Å². The molecule has 1 N–H and O–H groups in total. The molecular formula is C17H25N3O2. The van der Waals surface area contributed by atoms with E-state index in [9.17, 15) is 4.79 Å². The molecule has 1 aromatic heterocycles. The summed E-state index contributed by atoms with van der Waals surface area (Å²) in [5, 5.41) is 3.11. The van der Waals surface area contributed by atoms with E-state index in [0.717, 1.165) is 37.0 Å². The van der Waals surface area contributed by atoms with Crippen molar-refractivity contribution in [2.24, 2.45) is 17.8 Å². The summed E-state index contributed by atoms with van der Waals surface area (Å²) in [6.45, 7) is 1.68. The van der Waals surface area contributed by atoms with Crippen LogP contribution >= 0.6 is 0 Å². The molecule has 0 aromatic carbocycles.